The first-order valence-electron chi connectivity index (χ1n) is 7.53. The molecular weight excluding hydrogens is 286 g/mol. The topological polar surface area (TPSA) is 65.8 Å². The Bertz CT molecular complexity index is 452. The summed E-state index contributed by atoms with van der Waals surface area (Å²) in [5.41, 5.74) is 0. The molecule has 1 saturated heterocycles. The van der Waals surface area contributed by atoms with Crippen LogP contribution >= 0.6 is 0 Å². The molecule has 22 heavy (non-hydrogen) atoms. The van der Waals surface area contributed by atoms with E-state index >= 15 is 0 Å². The molecule has 0 aromatic carbocycles. The fourth-order valence-electron chi connectivity index (χ4n) is 2.77. The molecule has 0 bridgehead atoms. The van der Waals surface area contributed by atoms with E-state index in [1.165, 1.54) is 0 Å². The van der Waals surface area contributed by atoms with Crippen molar-refractivity contribution >= 4 is 5.91 Å². The van der Waals surface area contributed by atoms with Crippen LogP contribution in [0.3, 0.4) is 0 Å². The van der Waals surface area contributed by atoms with E-state index in [9.17, 15) is 4.79 Å². The lowest BCUT2D eigenvalue weighted by molar-refractivity contribution is -0.164. The number of methoxy groups -OCH3 is 2. The Balaban J connectivity index is 1.85. The van der Waals surface area contributed by atoms with Crippen molar-refractivity contribution in [3.63, 3.8) is 0 Å². The van der Waals surface area contributed by atoms with Crippen LogP contribution in [0.5, 0.6) is 0 Å². The smallest absolute Gasteiger partial charge is 0.222 e. The van der Waals surface area contributed by atoms with E-state index in [0.717, 1.165) is 13.0 Å². The zero-order chi connectivity index (χ0) is 15.9. The summed E-state index contributed by atoms with van der Waals surface area (Å²) in [7, 11) is 5.08. The number of ether oxygens (including phenoxy) is 3. The molecule has 124 valence electrons. The number of aryl methyl sites for hydroxylation is 1. The highest BCUT2D eigenvalue weighted by molar-refractivity contribution is 5.76. The fourth-order valence-corrected chi connectivity index (χ4v) is 2.77. The minimum Gasteiger partial charge on any atom is -0.376 e. The second-order valence-corrected chi connectivity index (χ2v) is 5.46. The number of hydrogen-bond acceptors (Lipinski definition) is 5. The molecule has 7 heteroatoms. The molecule has 1 aliphatic rings. The Morgan fingerprint density at radius 1 is 1.41 bits per heavy atom. The highest BCUT2D eigenvalue weighted by Gasteiger charge is 2.38. The fraction of sp³-hybridized carbons (Fsp3) is 0.733. The van der Waals surface area contributed by atoms with Crippen LogP contribution in [0.2, 0.25) is 0 Å². The minimum absolute atomic E-state index is 0.0829. The Morgan fingerprint density at radius 2 is 2.23 bits per heavy atom. The van der Waals surface area contributed by atoms with Gasteiger partial charge in [-0.2, -0.15) is 5.10 Å². The summed E-state index contributed by atoms with van der Waals surface area (Å²) in [5.74, 6) is 0.0829. The molecule has 1 amide bonds. The summed E-state index contributed by atoms with van der Waals surface area (Å²) < 4.78 is 18.3. The third-order valence-corrected chi connectivity index (χ3v) is 4.12. The number of carbonyl (C=O) groups excluding carboxylic acids is 1. The van der Waals surface area contributed by atoms with E-state index in [1.54, 1.807) is 32.4 Å². The van der Waals surface area contributed by atoms with Crippen LogP contribution in [0.15, 0.2) is 18.5 Å². The lowest BCUT2D eigenvalue weighted by Gasteiger charge is -2.40. The van der Waals surface area contributed by atoms with Crippen LogP contribution in [0, 0.1) is 0 Å². The average molecular weight is 311 g/mol. The molecule has 0 saturated carbocycles. The van der Waals surface area contributed by atoms with E-state index < -0.39 is 0 Å². The highest BCUT2D eigenvalue weighted by Crippen LogP contribution is 2.19. The zero-order valence-electron chi connectivity index (χ0n) is 13.5. The lowest BCUT2D eigenvalue weighted by atomic mass is 10.0. The number of nitrogens with zero attached hydrogens (tertiary/aromatic N) is 3. The van der Waals surface area contributed by atoms with E-state index in [4.69, 9.17) is 14.2 Å². The third-order valence-electron chi connectivity index (χ3n) is 4.12. The van der Waals surface area contributed by atoms with Gasteiger partial charge in [-0.3, -0.25) is 9.48 Å². The van der Waals surface area contributed by atoms with E-state index in [2.05, 4.69) is 5.10 Å². The number of hydrogen-bond donors (Lipinski definition) is 0. The molecule has 0 radical (unpaired) electrons. The van der Waals surface area contributed by atoms with Gasteiger partial charge in [0.05, 0.1) is 19.3 Å². The number of aromatic nitrogens is 2. The normalized spacial score (nSPS) is 25.1. The van der Waals surface area contributed by atoms with Gasteiger partial charge >= 0.3 is 0 Å². The first kappa shape index (κ1) is 16.9. The molecule has 7 nitrogen and oxygen atoms in total. The highest BCUT2D eigenvalue weighted by atomic mass is 16.6. The summed E-state index contributed by atoms with van der Waals surface area (Å²) in [5, 5.41) is 4.13. The number of rotatable bonds is 7. The standard InChI is InChI=1S/C15H25N3O4/c1-17(12-10-22-11-13(20-2)15(12)21-3)14(19)6-4-8-18-9-5-7-16-18/h5,7,9,12-13,15H,4,6,8,10-11H2,1-3H3/t12-,13-,15+/m1/s1. The van der Waals surface area contributed by atoms with E-state index in [-0.39, 0.29) is 24.2 Å². The maximum atomic E-state index is 12.4. The summed E-state index contributed by atoms with van der Waals surface area (Å²) in [4.78, 5) is 14.1. The molecule has 1 aliphatic heterocycles. The van der Waals surface area contributed by atoms with Crippen LogP contribution in [0.4, 0.5) is 0 Å². The van der Waals surface area contributed by atoms with Crippen molar-refractivity contribution < 1.29 is 19.0 Å². The van der Waals surface area contributed by atoms with Crippen LogP contribution in [-0.4, -0.2) is 73.3 Å². The maximum Gasteiger partial charge on any atom is 0.222 e. The molecule has 1 fully saturated rings. The van der Waals surface area contributed by atoms with E-state index in [0.29, 0.717) is 19.6 Å². The maximum absolute atomic E-state index is 12.4. The molecule has 1 aromatic rings. The van der Waals surface area contributed by atoms with Crippen LogP contribution in [0.25, 0.3) is 0 Å². The molecule has 0 unspecified atom stereocenters. The van der Waals surface area contributed by atoms with Gasteiger partial charge in [0.1, 0.15) is 12.2 Å². The molecule has 2 heterocycles. The van der Waals surface area contributed by atoms with Crippen molar-refractivity contribution in [3.8, 4) is 0 Å². The minimum atomic E-state index is -0.168. The predicted octanol–water partition coefficient (Wildman–Crippen LogP) is 0.551. The van der Waals surface area contributed by atoms with Gasteiger partial charge in [-0.1, -0.05) is 0 Å². The molecule has 3 atom stereocenters. The SMILES string of the molecule is CO[C@H]1[C@H](N(C)C(=O)CCCn2cccn2)COC[C@H]1OC. The van der Waals surface area contributed by atoms with Gasteiger partial charge in [-0.05, 0) is 12.5 Å². The van der Waals surface area contributed by atoms with Crippen LogP contribution in [0.1, 0.15) is 12.8 Å². The lowest BCUT2D eigenvalue weighted by Crippen LogP contribution is -2.57. The monoisotopic (exact) mass is 311 g/mol. The van der Waals surface area contributed by atoms with Crippen molar-refractivity contribution in [2.24, 2.45) is 0 Å². The number of carbonyl (C=O) groups is 1. The first-order chi connectivity index (χ1) is 10.7. The molecule has 0 spiro atoms. The first-order valence-corrected chi connectivity index (χ1v) is 7.53. The van der Waals surface area contributed by atoms with E-state index in [1.807, 2.05) is 16.9 Å². The largest absolute Gasteiger partial charge is 0.376 e. The predicted molar refractivity (Wildman–Crippen MR) is 80.4 cm³/mol. The molecular formula is C15H25N3O4. The van der Waals surface area contributed by atoms with Crippen LogP contribution in [-0.2, 0) is 25.5 Å². The Labute approximate surface area is 131 Å². The molecule has 1 aromatic heterocycles. The summed E-state index contributed by atoms with van der Waals surface area (Å²) in [6.45, 7) is 1.70. The second kappa shape index (κ2) is 8.26. The van der Waals surface area contributed by atoms with Gasteiger partial charge in [0, 0.05) is 46.6 Å². The van der Waals surface area contributed by atoms with Crippen molar-refractivity contribution in [3.05, 3.63) is 18.5 Å². The van der Waals surface area contributed by atoms with Crippen LogP contribution < -0.4 is 0 Å². The molecule has 0 N–H and O–H groups in total. The number of likely N-dealkylation sites (N-methyl/N-ethyl adjacent to an activating group) is 1. The van der Waals surface area contributed by atoms with Gasteiger partial charge in [0.15, 0.2) is 0 Å². The van der Waals surface area contributed by atoms with Gasteiger partial charge < -0.3 is 19.1 Å². The second-order valence-electron chi connectivity index (χ2n) is 5.46. The summed E-state index contributed by atoms with van der Waals surface area (Å²) >= 11 is 0. The van der Waals surface area contributed by atoms with Gasteiger partial charge in [-0.15, -0.1) is 0 Å². The third kappa shape index (κ3) is 4.06. The average Bonchev–Trinajstić information content (AvgIpc) is 3.06. The van der Waals surface area contributed by atoms with Gasteiger partial charge in [-0.25, -0.2) is 0 Å². The Morgan fingerprint density at radius 3 is 2.86 bits per heavy atom. The Hall–Kier alpha value is -1.44. The summed E-state index contributed by atoms with van der Waals surface area (Å²) in [6.07, 6.45) is 4.54. The van der Waals surface area contributed by atoms with Crippen molar-refractivity contribution in [2.75, 3.05) is 34.5 Å². The Kier molecular flexibility index (Phi) is 6.35. The van der Waals surface area contributed by atoms with Crippen molar-refractivity contribution in [2.45, 2.75) is 37.6 Å². The number of amides is 1. The molecule has 0 aliphatic carbocycles. The van der Waals surface area contributed by atoms with Crippen molar-refractivity contribution in [1.29, 1.82) is 0 Å². The molecule has 2 rings (SSSR count). The van der Waals surface area contributed by atoms with Gasteiger partial charge in [0.2, 0.25) is 5.91 Å². The summed E-state index contributed by atoms with van der Waals surface area (Å²) in [6, 6.07) is 1.75. The zero-order valence-corrected chi connectivity index (χ0v) is 13.5. The quantitative estimate of drug-likeness (QED) is 0.736. The van der Waals surface area contributed by atoms with Gasteiger partial charge in [0.25, 0.3) is 0 Å². The van der Waals surface area contributed by atoms with Crippen molar-refractivity contribution in [1.82, 2.24) is 14.7 Å².